The maximum Gasteiger partial charge on any atom is 0.303 e. The number of allylic oxidation sites excluding steroid dienone is 2. The predicted octanol–water partition coefficient (Wildman–Crippen LogP) is 6.25. The van der Waals surface area contributed by atoms with E-state index in [2.05, 4.69) is 19.1 Å². The predicted molar refractivity (Wildman–Crippen MR) is 130 cm³/mol. The summed E-state index contributed by atoms with van der Waals surface area (Å²) in [5.41, 5.74) is -0.657. The lowest BCUT2D eigenvalue weighted by atomic mass is 9.85. The van der Waals surface area contributed by atoms with Gasteiger partial charge >= 0.3 is 5.97 Å². The number of aliphatic hydroxyl groups excluding tert-OH is 3. The van der Waals surface area contributed by atoms with Gasteiger partial charge in [-0.25, -0.2) is 0 Å². The van der Waals surface area contributed by atoms with Gasteiger partial charge in [0.2, 0.25) is 0 Å². The van der Waals surface area contributed by atoms with E-state index in [0.29, 0.717) is 12.8 Å². The number of unbranched alkanes of at least 4 members (excludes halogenated alkanes) is 12. The highest BCUT2D eigenvalue weighted by molar-refractivity contribution is 5.66. The highest BCUT2D eigenvalue weighted by atomic mass is 16.4. The lowest BCUT2D eigenvalue weighted by Gasteiger charge is -2.26. The second-order valence-corrected chi connectivity index (χ2v) is 8.81. The molecule has 0 aromatic carbocycles. The van der Waals surface area contributed by atoms with Crippen LogP contribution in [0.3, 0.4) is 0 Å². The standard InChI is InChI=1S/C18H34O2.C8H18O3/c1-2-3-4-5-6-7-8-9-10-11-12-13-14-15-16-17-18(19)20;1-2-3-4-8(5-9,6-10)7-11/h9-10H,2-8,11-17H2,1H3,(H,19,20);9-11H,2-7H2,1H3. The third-order valence-electron chi connectivity index (χ3n) is 5.72. The summed E-state index contributed by atoms with van der Waals surface area (Å²) in [6.07, 6.45) is 23.9. The Morgan fingerprint density at radius 3 is 1.48 bits per heavy atom. The van der Waals surface area contributed by atoms with Gasteiger partial charge in [-0.2, -0.15) is 0 Å². The first-order chi connectivity index (χ1) is 15.0. The molecule has 5 heteroatoms. The number of aliphatic hydroxyl groups is 3. The van der Waals surface area contributed by atoms with Crippen molar-refractivity contribution in [2.45, 2.75) is 123 Å². The first-order valence-electron chi connectivity index (χ1n) is 12.7. The molecule has 4 N–H and O–H groups in total. The van der Waals surface area contributed by atoms with E-state index in [1.807, 2.05) is 6.92 Å². The van der Waals surface area contributed by atoms with E-state index in [-0.39, 0.29) is 19.8 Å². The van der Waals surface area contributed by atoms with Crippen molar-refractivity contribution in [3.63, 3.8) is 0 Å². The molecule has 0 aliphatic carbocycles. The van der Waals surface area contributed by atoms with Crippen molar-refractivity contribution in [3.8, 4) is 0 Å². The summed E-state index contributed by atoms with van der Waals surface area (Å²) >= 11 is 0. The number of carboxylic acids is 1. The zero-order valence-electron chi connectivity index (χ0n) is 20.5. The van der Waals surface area contributed by atoms with Crippen molar-refractivity contribution >= 4 is 5.97 Å². The molecule has 0 aliphatic heterocycles. The Labute approximate surface area is 192 Å². The minimum absolute atomic E-state index is 0.139. The lowest BCUT2D eigenvalue weighted by molar-refractivity contribution is -0.137. The number of carboxylic acid groups (broad SMARTS) is 1. The molecule has 0 fully saturated rings. The quantitative estimate of drug-likeness (QED) is 0.124. The van der Waals surface area contributed by atoms with Crippen molar-refractivity contribution < 1.29 is 25.2 Å². The van der Waals surface area contributed by atoms with Crippen molar-refractivity contribution in [3.05, 3.63) is 12.2 Å². The summed E-state index contributed by atoms with van der Waals surface area (Å²) in [6.45, 7) is 3.88. The van der Waals surface area contributed by atoms with E-state index >= 15 is 0 Å². The van der Waals surface area contributed by atoms with Crippen LogP contribution < -0.4 is 0 Å². The molecule has 31 heavy (non-hydrogen) atoms. The zero-order valence-corrected chi connectivity index (χ0v) is 20.5. The summed E-state index contributed by atoms with van der Waals surface area (Å²) in [6, 6.07) is 0. The molecule has 0 atom stereocenters. The van der Waals surface area contributed by atoms with Crippen molar-refractivity contribution in [1.82, 2.24) is 0 Å². The minimum Gasteiger partial charge on any atom is -0.481 e. The Hall–Kier alpha value is -0.910. The molecule has 0 saturated heterocycles. The van der Waals surface area contributed by atoms with Crippen molar-refractivity contribution in [2.24, 2.45) is 5.41 Å². The van der Waals surface area contributed by atoms with E-state index < -0.39 is 11.4 Å². The molecule has 0 rings (SSSR count). The monoisotopic (exact) mass is 444 g/mol. The van der Waals surface area contributed by atoms with Crippen LogP contribution in [0.25, 0.3) is 0 Å². The lowest BCUT2D eigenvalue weighted by Crippen LogP contribution is -2.33. The Bertz CT molecular complexity index is 383. The first-order valence-corrected chi connectivity index (χ1v) is 12.7. The van der Waals surface area contributed by atoms with Gasteiger partial charge in [-0.15, -0.1) is 0 Å². The highest BCUT2D eigenvalue weighted by Gasteiger charge is 2.26. The molecule has 0 unspecified atom stereocenters. The number of rotatable bonds is 21. The molecule has 0 aromatic heterocycles. The minimum atomic E-state index is -0.664. The fourth-order valence-electron chi connectivity index (χ4n) is 3.29. The highest BCUT2D eigenvalue weighted by Crippen LogP contribution is 2.22. The number of aliphatic carboxylic acids is 1. The summed E-state index contributed by atoms with van der Waals surface area (Å²) in [7, 11) is 0. The fraction of sp³-hybridized carbons (Fsp3) is 0.885. The number of hydrogen-bond donors (Lipinski definition) is 4. The molecule has 0 aliphatic rings. The van der Waals surface area contributed by atoms with E-state index in [9.17, 15) is 4.79 Å². The van der Waals surface area contributed by atoms with Gasteiger partial charge in [-0.1, -0.05) is 90.2 Å². The summed E-state index contributed by atoms with van der Waals surface area (Å²) in [4.78, 5) is 10.3. The van der Waals surface area contributed by atoms with Gasteiger partial charge < -0.3 is 20.4 Å². The number of carbonyl (C=O) groups is 1. The van der Waals surface area contributed by atoms with Crippen LogP contribution >= 0.6 is 0 Å². The van der Waals surface area contributed by atoms with Gasteiger partial charge in [-0.05, 0) is 38.5 Å². The molecule has 0 bridgehead atoms. The third kappa shape index (κ3) is 23.6. The van der Waals surface area contributed by atoms with E-state index in [0.717, 1.165) is 25.7 Å². The third-order valence-corrected chi connectivity index (χ3v) is 5.72. The maximum absolute atomic E-state index is 10.3. The van der Waals surface area contributed by atoms with Crippen molar-refractivity contribution in [2.75, 3.05) is 19.8 Å². The van der Waals surface area contributed by atoms with Crippen LogP contribution in [0.5, 0.6) is 0 Å². The Morgan fingerprint density at radius 2 is 1.06 bits per heavy atom. The normalized spacial score (nSPS) is 11.5. The van der Waals surface area contributed by atoms with Gasteiger partial charge in [0.05, 0.1) is 19.8 Å². The van der Waals surface area contributed by atoms with Gasteiger partial charge in [0.15, 0.2) is 0 Å². The summed E-state index contributed by atoms with van der Waals surface area (Å²) < 4.78 is 0. The first kappa shape index (κ1) is 32.3. The fourth-order valence-corrected chi connectivity index (χ4v) is 3.29. The number of hydrogen-bond acceptors (Lipinski definition) is 4. The Kier molecular flexibility index (Phi) is 26.4. The van der Waals surface area contributed by atoms with Crippen LogP contribution in [-0.2, 0) is 4.79 Å². The molecular weight excluding hydrogens is 392 g/mol. The average molecular weight is 445 g/mol. The molecule has 0 radical (unpaired) electrons. The van der Waals surface area contributed by atoms with Crippen LogP contribution in [0.4, 0.5) is 0 Å². The molecular formula is C26H52O5. The van der Waals surface area contributed by atoms with Gasteiger partial charge in [0.25, 0.3) is 0 Å². The molecule has 5 nitrogen and oxygen atoms in total. The smallest absolute Gasteiger partial charge is 0.303 e. The van der Waals surface area contributed by atoms with Crippen LogP contribution in [-0.4, -0.2) is 46.2 Å². The SMILES string of the molecule is CCCCC(CO)(CO)CO.CCCCCCCCC=CCCCCCCCC(=O)O. The van der Waals surface area contributed by atoms with Gasteiger partial charge in [-0.3, -0.25) is 4.79 Å². The Balaban J connectivity index is 0. The van der Waals surface area contributed by atoms with Crippen LogP contribution in [0.1, 0.15) is 123 Å². The molecule has 0 heterocycles. The molecule has 186 valence electrons. The molecule has 0 aromatic rings. The van der Waals surface area contributed by atoms with Crippen molar-refractivity contribution in [1.29, 1.82) is 0 Å². The maximum atomic E-state index is 10.3. The van der Waals surface area contributed by atoms with E-state index in [1.54, 1.807) is 0 Å². The van der Waals surface area contributed by atoms with Crippen LogP contribution in [0.15, 0.2) is 12.2 Å². The second-order valence-electron chi connectivity index (χ2n) is 8.81. The second kappa shape index (κ2) is 25.4. The summed E-state index contributed by atoms with van der Waals surface area (Å²) in [5.74, 6) is -0.664. The molecule has 0 spiro atoms. The van der Waals surface area contributed by atoms with Gasteiger partial charge in [0, 0.05) is 11.8 Å². The van der Waals surface area contributed by atoms with E-state index in [1.165, 1.54) is 70.6 Å². The molecule has 0 amide bonds. The summed E-state index contributed by atoms with van der Waals surface area (Å²) in [5, 5.41) is 35.2. The molecule has 0 saturated carbocycles. The van der Waals surface area contributed by atoms with E-state index in [4.69, 9.17) is 20.4 Å². The van der Waals surface area contributed by atoms with Crippen LogP contribution in [0, 0.1) is 5.41 Å². The topological polar surface area (TPSA) is 98.0 Å². The largest absolute Gasteiger partial charge is 0.481 e. The van der Waals surface area contributed by atoms with Crippen LogP contribution in [0.2, 0.25) is 0 Å². The Morgan fingerprint density at radius 1 is 0.645 bits per heavy atom. The average Bonchev–Trinajstić information content (AvgIpc) is 2.78. The van der Waals surface area contributed by atoms with Gasteiger partial charge in [0.1, 0.15) is 0 Å². The zero-order chi connectivity index (χ0) is 23.6.